The fourth-order valence-corrected chi connectivity index (χ4v) is 2.03. The van der Waals surface area contributed by atoms with E-state index < -0.39 is 24.1 Å². The molecule has 0 aliphatic carbocycles. The van der Waals surface area contributed by atoms with E-state index in [2.05, 4.69) is 10.8 Å². The largest absolute Gasteiger partial charge is 0.481 e. The maximum absolute atomic E-state index is 11.5. The van der Waals surface area contributed by atoms with E-state index in [1.54, 1.807) is 0 Å². The van der Waals surface area contributed by atoms with Crippen molar-refractivity contribution in [3.8, 4) is 0 Å². The molecular weight excluding hydrogens is 320 g/mol. The Morgan fingerprint density at radius 3 is 2.54 bits per heavy atom. The van der Waals surface area contributed by atoms with Gasteiger partial charge in [0.1, 0.15) is 6.04 Å². The lowest BCUT2D eigenvalue weighted by Crippen LogP contribution is -2.51. The second-order valence-corrected chi connectivity index (χ2v) is 5.70. The molecule has 10 heteroatoms. The molecule has 0 bridgehead atoms. The summed E-state index contributed by atoms with van der Waals surface area (Å²) in [5.41, 5.74) is 13.7. The number of nitrogens with one attached hydrogen (secondary N) is 2. The zero-order valence-corrected chi connectivity index (χ0v) is 13.5. The van der Waals surface area contributed by atoms with Crippen LogP contribution in [0.3, 0.4) is 0 Å². The number of hydroxylamine groups is 1. The van der Waals surface area contributed by atoms with E-state index in [9.17, 15) is 14.4 Å². The van der Waals surface area contributed by atoms with E-state index in [1.807, 2.05) is 0 Å². The zero-order valence-electron chi connectivity index (χ0n) is 13.5. The molecule has 1 fully saturated rings. The maximum atomic E-state index is 11.5. The number of carbonyl (C=O) groups is 3. The molecule has 3 atom stereocenters. The third kappa shape index (κ3) is 8.77. The maximum Gasteiger partial charge on any atom is 0.329 e. The van der Waals surface area contributed by atoms with Crippen molar-refractivity contribution in [1.82, 2.24) is 10.8 Å². The fraction of sp³-hybridized carbons (Fsp3) is 0.786. The van der Waals surface area contributed by atoms with Crippen LogP contribution >= 0.6 is 0 Å². The highest BCUT2D eigenvalue weighted by molar-refractivity contribution is 5.77. The lowest BCUT2D eigenvalue weighted by molar-refractivity contribution is -0.161. The standard InChI is InChI=1S/C14H26N4O6/c15-9(7-12(19)20)3-1-2-5-18-24-13(21)8-11(16)23-14(22)10-4-6-17-10/h9-11,17-18H,1-8,15-16H2,(H,19,20)/t9-,10+,11?/m0/s1. The monoisotopic (exact) mass is 346 g/mol. The first-order valence-corrected chi connectivity index (χ1v) is 7.98. The molecule has 10 nitrogen and oxygen atoms in total. The van der Waals surface area contributed by atoms with Crippen LogP contribution in [0.4, 0.5) is 0 Å². The van der Waals surface area contributed by atoms with Crippen LogP contribution in [-0.2, 0) is 24.0 Å². The van der Waals surface area contributed by atoms with Gasteiger partial charge in [0.15, 0.2) is 6.23 Å². The number of ether oxygens (including phenoxy) is 1. The van der Waals surface area contributed by atoms with Crippen molar-refractivity contribution in [3.63, 3.8) is 0 Å². The van der Waals surface area contributed by atoms with E-state index in [1.165, 1.54) is 0 Å². The first kappa shape index (κ1) is 20.3. The van der Waals surface area contributed by atoms with Crippen molar-refractivity contribution >= 4 is 17.9 Å². The minimum atomic E-state index is -1.04. The zero-order chi connectivity index (χ0) is 17.9. The molecule has 0 saturated carbocycles. The molecule has 24 heavy (non-hydrogen) atoms. The molecule has 1 heterocycles. The number of hydrogen-bond donors (Lipinski definition) is 5. The highest BCUT2D eigenvalue weighted by Gasteiger charge is 2.28. The highest BCUT2D eigenvalue weighted by atomic mass is 16.7. The van der Waals surface area contributed by atoms with Gasteiger partial charge in [-0.1, -0.05) is 6.42 Å². The van der Waals surface area contributed by atoms with Crippen LogP contribution in [0.1, 0.15) is 38.5 Å². The van der Waals surface area contributed by atoms with Crippen molar-refractivity contribution in [2.45, 2.75) is 56.8 Å². The predicted molar refractivity (Wildman–Crippen MR) is 83.3 cm³/mol. The minimum Gasteiger partial charge on any atom is -0.481 e. The molecule has 7 N–H and O–H groups in total. The third-order valence-corrected chi connectivity index (χ3v) is 3.47. The number of unbranched alkanes of at least 4 members (excludes halogenated alkanes) is 1. The van der Waals surface area contributed by atoms with Gasteiger partial charge in [-0.05, 0) is 25.8 Å². The van der Waals surface area contributed by atoms with Crippen molar-refractivity contribution in [3.05, 3.63) is 0 Å². The van der Waals surface area contributed by atoms with Crippen LogP contribution in [0.2, 0.25) is 0 Å². The van der Waals surface area contributed by atoms with Gasteiger partial charge in [0, 0.05) is 12.6 Å². The average molecular weight is 346 g/mol. The first-order valence-electron chi connectivity index (χ1n) is 7.98. The Bertz CT molecular complexity index is 429. The van der Waals surface area contributed by atoms with E-state index in [0.29, 0.717) is 32.2 Å². The SMILES string of the molecule is NC(CC(=O)ONCCCC[C@H](N)CC(=O)O)OC(=O)[C@H]1CCN1. The van der Waals surface area contributed by atoms with Gasteiger partial charge < -0.3 is 25.7 Å². The lowest BCUT2D eigenvalue weighted by Gasteiger charge is -2.26. The summed E-state index contributed by atoms with van der Waals surface area (Å²) in [4.78, 5) is 38.2. The second kappa shape index (κ2) is 10.9. The molecule has 1 rings (SSSR count). The summed E-state index contributed by atoms with van der Waals surface area (Å²) in [6.07, 6.45) is 1.33. The molecule has 138 valence electrons. The number of carboxylic acids is 1. The number of hydrogen-bond acceptors (Lipinski definition) is 9. The van der Waals surface area contributed by atoms with Gasteiger partial charge in [0.25, 0.3) is 0 Å². The van der Waals surface area contributed by atoms with Crippen LogP contribution in [0, 0.1) is 0 Å². The number of nitrogens with two attached hydrogens (primary N) is 2. The molecule has 0 spiro atoms. The summed E-state index contributed by atoms with van der Waals surface area (Å²) < 4.78 is 4.91. The smallest absolute Gasteiger partial charge is 0.329 e. The number of rotatable bonds is 12. The summed E-state index contributed by atoms with van der Waals surface area (Å²) in [5.74, 6) is -2.01. The minimum absolute atomic E-state index is 0.0601. The summed E-state index contributed by atoms with van der Waals surface area (Å²) >= 11 is 0. The third-order valence-electron chi connectivity index (χ3n) is 3.47. The van der Waals surface area contributed by atoms with E-state index >= 15 is 0 Å². The highest BCUT2D eigenvalue weighted by Crippen LogP contribution is 2.06. The van der Waals surface area contributed by atoms with E-state index in [0.717, 1.165) is 6.54 Å². The van der Waals surface area contributed by atoms with Crippen molar-refractivity contribution in [2.24, 2.45) is 11.5 Å². The Balaban J connectivity index is 1.99. The molecule has 0 aromatic carbocycles. The normalized spacial score (nSPS) is 19.0. The van der Waals surface area contributed by atoms with Gasteiger partial charge in [-0.25, -0.2) is 0 Å². The second-order valence-electron chi connectivity index (χ2n) is 5.70. The lowest BCUT2D eigenvalue weighted by atomic mass is 10.1. The Morgan fingerprint density at radius 2 is 1.96 bits per heavy atom. The van der Waals surface area contributed by atoms with Gasteiger partial charge in [0.2, 0.25) is 0 Å². The van der Waals surface area contributed by atoms with Gasteiger partial charge in [-0.15, -0.1) is 0 Å². The van der Waals surface area contributed by atoms with Crippen molar-refractivity contribution < 1.29 is 29.1 Å². The van der Waals surface area contributed by atoms with Gasteiger partial charge in [0.05, 0.1) is 12.8 Å². The molecule has 0 aromatic heterocycles. The van der Waals surface area contributed by atoms with Crippen LogP contribution in [0.25, 0.3) is 0 Å². The molecule has 1 saturated heterocycles. The summed E-state index contributed by atoms with van der Waals surface area (Å²) in [6, 6.07) is -0.708. The predicted octanol–water partition coefficient (Wildman–Crippen LogP) is -1.41. The average Bonchev–Trinajstić information content (AvgIpc) is 2.39. The topological polar surface area (TPSA) is 166 Å². The molecule has 1 aliphatic heterocycles. The molecule has 0 amide bonds. The molecular formula is C14H26N4O6. The Hall–Kier alpha value is -1.75. The van der Waals surface area contributed by atoms with Gasteiger partial charge in [-0.3, -0.25) is 20.1 Å². The van der Waals surface area contributed by atoms with Gasteiger partial charge >= 0.3 is 17.9 Å². The molecule has 1 aliphatic rings. The van der Waals surface area contributed by atoms with E-state index in [4.69, 9.17) is 26.1 Å². The Kier molecular flexibility index (Phi) is 9.23. The van der Waals surface area contributed by atoms with Crippen LogP contribution < -0.4 is 22.3 Å². The number of aliphatic carboxylic acids is 1. The first-order chi connectivity index (χ1) is 11.4. The number of carbonyl (C=O) groups excluding carboxylic acids is 2. The van der Waals surface area contributed by atoms with Crippen molar-refractivity contribution in [2.75, 3.05) is 13.1 Å². The number of esters is 1. The fourth-order valence-electron chi connectivity index (χ4n) is 2.03. The molecule has 1 unspecified atom stereocenters. The van der Waals surface area contributed by atoms with Crippen molar-refractivity contribution in [1.29, 1.82) is 0 Å². The molecule has 0 radical (unpaired) electrons. The molecule has 0 aromatic rings. The van der Waals surface area contributed by atoms with Crippen LogP contribution in [0.5, 0.6) is 0 Å². The summed E-state index contributed by atoms with van der Waals surface area (Å²) in [6.45, 7) is 1.18. The van der Waals surface area contributed by atoms with Gasteiger partial charge in [-0.2, -0.15) is 5.48 Å². The van der Waals surface area contributed by atoms with Crippen LogP contribution in [0.15, 0.2) is 0 Å². The quantitative estimate of drug-likeness (QED) is 0.122. The van der Waals surface area contributed by atoms with Crippen LogP contribution in [-0.4, -0.2) is 54.4 Å². The Labute approximate surface area is 140 Å². The van der Waals surface area contributed by atoms with E-state index in [-0.39, 0.29) is 24.9 Å². The summed E-state index contributed by atoms with van der Waals surface area (Å²) in [7, 11) is 0. The Morgan fingerprint density at radius 1 is 1.25 bits per heavy atom. The summed E-state index contributed by atoms with van der Waals surface area (Å²) in [5, 5.41) is 11.4. The number of carboxylic acid groups (broad SMARTS) is 1.